The minimum atomic E-state index is 0.172. The van der Waals surface area contributed by atoms with E-state index in [1.807, 2.05) is 52.0 Å². The molecule has 178 valence electrons. The quantitative estimate of drug-likeness (QED) is 0.365. The molecule has 0 N–H and O–H groups in total. The first-order chi connectivity index (χ1) is 16.1. The van der Waals surface area contributed by atoms with Crippen LogP contribution in [-0.4, -0.2) is 25.3 Å². The van der Waals surface area contributed by atoms with Crippen molar-refractivity contribution in [2.45, 2.75) is 66.9 Å². The van der Waals surface area contributed by atoms with Gasteiger partial charge >= 0.3 is 0 Å². The van der Waals surface area contributed by atoms with E-state index in [1.54, 1.807) is 20.4 Å². The molecule has 0 aliphatic rings. The molecule has 0 bridgehead atoms. The van der Waals surface area contributed by atoms with Crippen molar-refractivity contribution in [1.82, 2.24) is 4.98 Å². The van der Waals surface area contributed by atoms with Gasteiger partial charge in [-0.1, -0.05) is 46.8 Å². The molecule has 1 unspecified atom stereocenters. The van der Waals surface area contributed by atoms with Crippen LogP contribution in [0, 0.1) is 11.3 Å². The Balaban J connectivity index is 0.00000129. The van der Waals surface area contributed by atoms with Gasteiger partial charge in [0.25, 0.3) is 0 Å². The first-order valence-electron chi connectivity index (χ1n) is 11.7. The maximum absolute atomic E-state index is 9.19. The van der Waals surface area contributed by atoms with E-state index in [-0.39, 0.29) is 12.5 Å². The molecule has 0 spiro atoms. The highest BCUT2D eigenvalue weighted by Gasteiger charge is 2.14. The van der Waals surface area contributed by atoms with Crippen molar-refractivity contribution in [1.29, 1.82) is 5.26 Å². The highest BCUT2D eigenvalue weighted by atomic mass is 16.5. The zero-order valence-electron chi connectivity index (χ0n) is 21.4. The molecule has 0 saturated carbocycles. The number of aromatic nitrogens is 1. The molecule has 2 aromatic carbocycles. The number of nitrogens with zero attached hydrogens (tertiary/aromatic N) is 2. The Hall–Kier alpha value is -3.26. The third-order valence-corrected chi connectivity index (χ3v) is 5.01. The van der Waals surface area contributed by atoms with Gasteiger partial charge in [0, 0.05) is 18.0 Å². The molecule has 5 nitrogen and oxygen atoms in total. The van der Waals surface area contributed by atoms with Gasteiger partial charge in [-0.15, -0.1) is 0 Å². The minimum Gasteiger partial charge on any atom is -0.493 e. The third-order valence-electron chi connectivity index (χ3n) is 5.01. The first kappa shape index (κ1) is 27.8. The zero-order valence-corrected chi connectivity index (χ0v) is 21.4. The number of hydrogen-bond acceptors (Lipinski definition) is 5. The summed E-state index contributed by atoms with van der Waals surface area (Å²) in [4.78, 5) is 4.67. The summed E-state index contributed by atoms with van der Waals surface area (Å²) in [5.74, 6) is 2.15. The monoisotopic (exact) mass is 450 g/mol. The molecule has 3 rings (SSSR count). The van der Waals surface area contributed by atoms with E-state index in [1.165, 1.54) is 0 Å². The third kappa shape index (κ3) is 7.39. The van der Waals surface area contributed by atoms with Gasteiger partial charge < -0.3 is 14.2 Å². The molecule has 1 aromatic heterocycles. The molecule has 1 heterocycles. The lowest BCUT2D eigenvalue weighted by molar-refractivity contribution is 0.217. The molecule has 0 amide bonds. The topological polar surface area (TPSA) is 64.4 Å². The van der Waals surface area contributed by atoms with Gasteiger partial charge in [-0.3, -0.25) is 4.98 Å². The zero-order chi connectivity index (χ0) is 24.8. The van der Waals surface area contributed by atoms with Crippen LogP contribution in [0.15, 0.2) is 42.6 Å². The van der Waals surface area contributed by atoms with Crippen molar-refractivity contribution in [3.05, 3.63) is 59.4 Å². The number of methoxy groups -OCH3 is 2. The molecule has 0 aliphatic heterocycles. The first-order valence-corrected chi connectivity index (χ1v) is 11.7. The fourth-order valence-electron chi connectivity index (χ4n) is 3.28. The lowest BCUT2D eigenvalue weighted by Crippen LogP contribution is -2.09. The lowest BCUT2D eigenvalue weighted by atomic mass is 9.99. The second-order valence-corrected chi connectivity index (χ2v) is 6.98. The van der Waals surface area contributed by atoms with Gasteiger partial charge in [-0.2, -0.15) is 5.26 Å². The maximum Gasteiger partial charge on any atom is 0.161 e. The molecule has 0 aliphatic carbocycles. The second kappa shape index (κ2) is 14.7. The van der Waals surface area contributed by atoms with Crippen LogP contribution in [0.2, 0.25) is 0 Å². The number of nitriles is 1. The molecule has 0 saturated heterocycles. The lowest BCUT2D eigenvalue weighted by Gasteiger charge is -2.15. The molecule has 1 atom stereocenters. The van der Waals surface area contributed by atoms with Crippen molar-refractivity contribution < 1.29 is 14.2 Å². The molecule has 33 heavy (non-hydrogen) atoms. The summed E-state index contributed by atoms with van der Waals surface area (Å²) in [6.45, 7) is 12.2. The van der Waals surface area contributed by atoms with Crippen molar-refractivity contribution in [3.8, 4) is 23.3 Å². The number of ether oxygens (including phenoxy) is 3. The van der Waals surface area contributed by atoms with Crippen molar-refractivity contribution in [2.75, 3.05) is 14.2 Å². The average molecular weight is 451 g/mol. The largest absolute Gasteiger partial charge is 0.493 e. The smallest absolute Gasteiger partial charge is 0.161 e. The van der Waals surface area contributed by atoms with Crippen LogP contribution >= 0.6 is 0 Å². The van der Waals surface area contributed by atoms with Gasteiger partial charge in [0.1, 0.15) is 5.75 Å². The Morgan fingerprint density at radius 2 is 1.61 bits per heavy atom. The summed E-state index contributed by atoms with van der Waals surface area (Å²) in [5, 5.41) is 11.1. The Morgan fingerprint density at radius 1 is 0.970 bits per heavy atom. The Bertz CT molecular complexity index is 1040. The second-order valence-electron chi connectivity index (χ2n) is 6.98. The van der Waals surface area contributed by atoms with Crippen LogP contribution in [0.25, 0.3) is 10.8 Å². The summed E-state index contributed by atoms with van der Waals surface area (Å²) in [6.07, 6.45) is 3.85. The molecule has 5 heteroatoms. The fourth-order valence-corrected chi connectivity index (χ4v) is 3.28. The normalized spacial score (nSPS) is 10.6. The van der Waals surface area contributed by atoms with Crippen molar-refractivity contribution >= 4 is 10.8 Å². The van der Waals surface area contributed by atoms with Gasteiger partial charge in [0.15, 0.2) is 11.5 Å². The van der Waals surface area contributed by atoms with E-state index in [0.717, 1.165) is 39.8 Å². The molecule has 0 fully saturated rings. The predicted molar refractivity (Wildman–Crippen MR) is 136 cm³/mol. The number of hydrogen-bond donors (Lipinski definition) is 0. The highest BCUT2D eigenvalue weighted by molar-refractivity contribution is 5.91. The van der Waals surface area contributed by atoms with Crippen molar-refractivity contribution in [2.24, 2.45) is 0 Å². The average Bonchev–Trinajstić information content (AvgIpc) is 2.87. The van der Waals surface area contributed by atoms with E-state index in [9.17, 15) is 5.26 Å². The van der Waals surface area contributed by atoms with Gasteiger partial charge in [-0.05, 0) is 54.1 Å². The molecule has 3 aromatic rings. The van der Waals surface area contributed by atoms with E-state index < -0.39 is 0 Å². The molecular formula is C28H38N2O3. The van der Waals surface area contributed by atoms with E-state index in [4.69, 9.17) is 14.2 Å². The number of rotatable bonds is 8. The molecular weight excluding hydrogens is 412 g/mol. The number of benzene rings is 2. The molecule has 0 radical (unpaired) electrons. The van der Waals surface area contributed by atoms with Crippen LogP contribution < -0.4 is 14.2 Å². The summed E-state index contributed by atoms with van der Waals surface area (Å²) in [6, 6.07) is 14.2. The van der Waals surface area contributed by atoms with Crippen LogP contribution in [0.1, 0.15) is 64.8 Å². The Labute approximate surface area is 199 Å². The fraction of sp³-hybridized carbons (Fsp3) is 0.429. The summed E-state index contributed by atoms with van der Waals surface area (Å²) in [7, 11) is 3.23. The van der Waals surface area contributed by atoms with Crippen molar-refractivity contribution in [3.63, 3.8) is 0 Å². The van der Waals surface area contributed by atoms with E-state index >= 15 is 0 Å². The van der Waals surface area contributed by atoms with Crippen LogP contribution in [-0.2, 0) is 12.8 Å². The highest BCUT2D eigenvalue weighted by Crippen LogP contribution is 2.35. The Kier molecular flexibility index (Phi) is 12.4. The van der Waals surface area contributed by atoms with E-state index in [2.05, 4.69) is 37.0 Å². The van der Waals surface area contributed by atoms with E-state index in [0.29, 0.717) is 17.9 Å². The van der Waals surface area contributed by atoms with Gasteiger partial charge in [0.2, 0.25) is 0 Å². The SMILES string of the molecule is CC.CC.CCC(C)Oc1cccc(Cc2ncc(CC#N)c3cc(OC)c(OC)cc23)c1. The maximum atomic E-state index is 9.19. The predicted octanol–water partition coefficient (Wildman–Crippen LogP) is 7.14. The van der Waals surface area contributed by atoms with Gasteiger partial charge in [-0.25, -0.2) is 0 Å². The number of fused-ring (bicyclic) bond motifs is 1. The summed E-state index contributed by atoms with van der Waals surface area (Å²) < 4.78 is 16.9. The standard InChI is InChI=1S/C24H26N2O3.2C2H6/c1-5-16(2)29-19-8-6-7-17(11-19)12-22-21-14-24(28-4)23(27-3)13-20(21)18(9-10-25)15-26-22;2*1-2/h6-8,11,13-16H,5,9,12H2,1-4H3;2*1-2H3. The summed E-state index contributed by atoms with van der Waals surface area (Å²) in [5.41, 5.74) is 2.91. The van der Waals surface area contributed by atoms with Crippen LogP contribution in [0.4, 0.5) is 0 Å². The summed E-state index contributed by atoms with van der Waals surface area (Å²) >= 11 is 0. The Morgan fingerprint density at radius 3 is 2.18 bits per heavy atom. The van der Waals surface area contributed by atoms with Gasteiger partial charge in [0.05, 0.1) is 38.5 Å². The number of pyridine rings is 1. The van der Waals surface area contributed by atoms with Crippen LogP contribution in [0.3, 0.4) is 0 Å². The minimum absolute atomic E-state index is 0.172. The van der Waals surface area contributed by atoms with Crippen LogP contribution in [0.5, 0.6) is 17.2 Å².